The van der Waals surface area contributed by atoms with Gasteiger partial charge in [-0.25, -0.2) is 4.39 Å². The Morgan fingerprint density at radius 2 is 1.69 bits per heavy atom. The minimum absolute atomic E-state index is 0.0349. The van der Waals surface area contributed by atoms with Crippen LogP contribution in [0.4, 0.5) is 10.1 Å². The van der Waals surface area contributed by atoms with Gasteiger partial charge >= 0.3 is 0 Å². The van der Waals surface area contributed by atoms with E-state index in [0.29, 0.717) is 27.9 Å². The third-order valence-electron chi connectivity index (χ3n) is 9.56. The van der Waals surface area contributed by atoms with E-state index in [1.807, 2.05) is 25.1 Å². The van der Waals surface area contributed by atoms with Crippen LogP contribution >= 0.6 is 0 Å². The normalized spacial score (nSPS) is 21.0. The van der Waals surface area contributed by atoms with Crippen LogP contribution < -0.4 is 10.6 Å². The molecule has 1 aromatic heterocycles. The van der Waals surface area contributed by atoms with Crippen LogP contribution in [0.1, 0.15) is 72.5 Å². The SMILES string of the molecule is CCC1(C)C(C#Cc2cc(C)ccc2-c2ccc3c(c(C(=O)Nc4cccc(C(=O)NC)c4)nn3C)c2F)[C@@]1(C)CC. The number of carbonyl (C=O) groups excluding carboxylic acids is 2. The second-order valence-corrected chi connectivity index (χ2v) is 11.7. The Kier molecular flexibility index (Phi) is 7.44. The Labute approximate surface area is 246 Å². The lowest BCUT2D eigenvalue weighted by Gasteiger charge is -2.12. The fraction of sp³-hybridized carbons (Fsp3) is 0.343. The van der Waals surface area contributed by atoms with Crippen molar-refractivity contribution in [3.05, 3.63) is 82.8 Å². The fourth-order valence-electron chi connectivity index (χ4n) is 6.39. The van der Waals surface area contributed by atoms with Crippen LogP contribution in [-0.4, -0.2) is 28.6 Å². The molecule has 0 aliphatic heterocycles. The number of benzene rings is 3. The van der Waals surface area contributed by atoms with Crippen LogP contribution in [0.3, 0.4) is 0 Å². The zero-order valence-electron chi connectivity index (χ0n) is 25.3. The summed E-state index contributed by atoms with van der Waals surface area (Å²) in [5.41, 5.74) is 4.44. The number of rotatable bonds is 6. The number of amides is 2. The van der Waals surface area contributed by atoms with Gasteiger partial charge in [-0.05, 0) is 72.6 Å². The van der Waals surface area contributed by atoms with Crippen LogP contribution in [0, 0.1) is 41.3 Å². The number of hydrogen-bond donors (Lipinski definition) is 2. The highest BCUT2D eigenvalue weighted by Gasteiger charge is 2.67. The minimum Gasteiger partial charge on any atom is -0.355 e. The molecule has 1 saturated carbocycles. The highest BCUT2D eigenvalue weighted by molar-refractivity contribution is 6.12. The fourth-order valence-corrected chi connectivity index (χ4v) is 6.39. The predicted molar refractivity (Wildman–Crippen MR) is 166 cm³/mol. The summed E-state index contributed by atoms with van der Waals surface area (Å²) in [6.45, 7) is 11.1. The Bertz CT molecular complexity index is 1780. The van der Waals surface area contributed by atoms with Gasteiger partial charge in [0.15, 0.2) is 5.69 Å². The van der Waals surface area contributed by atoms with E-state index in [1.165, 1.54) is 11.7 Å². The lowest BCUT2D eigenvalue weighted by atomic mass is 9.92. The van der Waals surface area contributed by atoms with Crippen molar-refractivity contribution in [3.8, 4) is 23.0 Å². The van der Waals surface area contributed by atoms with E-state index in [0.717, 1.165) is 24.0 Å². The molecule has 2 N–H and O–H groups in total. The highest BCUT2D eigenvalue weighted by Crippen LogP contribution is 2.72. The molecule has 3 atom stereocenters. The maximum atomic E-state index is 16.5. The molecule has 216 valence electrons. The van der Waals surface area contributed by atoms with E-state index in [4.69, 9.17) is 0 Å². The van der Waals surface area contributed by atoms with E-state index >= 15 is 4.39 Å². The number of carbonyl (C=O) groups is 2. The van der Waals surface area contributed by atoms with Crippen LogP contribution in [0.5, 0.6) is 0 Å². The van der Waals surface area contributed by atoms with Crippen molar-refractivity contribution in [2.45, 2.75) is 47.5 Å². The molecule has 6 nitrogen and oxygen atoms in total. The van der Waals surface area contributed by atoms with Crippen molar-refractivity contribution in [1.29, 1.82) is 0 Å². The molecular formula is C35H37FN4O2. The van der Waals surface area contributed by atoms with Crippen molar-refractivity contribution in [1.82, 2.24) is 15.1 Å². The van der Waals surface area contributed by atoms with Crippen molar-refractivity contribution in [2.24, 2.45) is 23.8 Å². The summed E-state index contributed by atoms with van der Waals surface area (Å²) < 4.78 is 18.0. The Morgan fingerprint density at radius 3 is 2.36 bits per heavy atom. The molecule has 1 fully saturated rings. The largest absolute Gasteiger partial charge is 0.355 e. The first kappa shape index (κ1) is 29.1. The average molecular weight is 565 g/mol. The van der Waals surface area contributed by atoms with Crippen molar-refractivity contribution >= 4 is 28.4 Å². The van der Waals surface area contributed by atoms with Gasteiger partial charge in [0.25, 0.3) is 11.8 Å². The van der Waals surface area contributed by atoms with E-state index in [9.17, 15) is 9.59 Å². The zero-order valence-corrected chi connectivity index (χ0v) is 25.3. The molecule has 0 radical (unpaired) electrons. The average Bonchev–Trinajstić information content (AvgIpc) is 3.25. The molecular weight excluding hydrogens is 527 g/mol. The summed E-state index contributed by atoms with van der Waals surface area (Å²) in [7, 11) is 3.22. The predicted octanol–water partition coefficient (Wildman–Crippen LogP) is 7.11. The number of nitrogens with one attached hydrogen (secondary N) is 2. The van der Waals surface area contributed by atoms with Gasteiger partial charge in [0.05, 0.1) is 10.9 Å². The summed E-state index contributed by atoms with van der Waals surface area (Å²) in [5, 5.41) is 9.84. The molecule has 3 aromatic carbocycles. The van der Waals surface area contributed by atoms with E-state index in [2.05, 4.69) is 55.3 Å². The molecule has 42 heavy (non-hydrogen) atoms. The lowest BCUT2D eigenvalue weighted by molar-refractivity contribution is 0.0961. The number of aromatic nitrogens is 2. The third-order valence-corrected chi connectivity index (χ3v) is 9.56. The Hall–Kier alpha value is -4.44. The van der Waals surface area contributed by atoms with Gasteiger partial charge in [-0.15, -0.1) is 0 Å². The summed E-state index contributed by atoms with van der Waals surface area (Å²) in [6.07, 6.45) is 2.12. The summed E-state index contributed by atoms with van der Waals surface area (Å²) >= 11 is 0. The molecule has 0 spiro atoms. The molecule has 7 heteroatoms. The van der Waals surface area contributed by atoms with Gasteiger partial charge in [-0.1, -0.05) is 57.7 Å². The number of anilines is 1. The topological polar surface area (TPSA) is 76.0 Å². The van der Waals surface area contributed by atoms with Crippen molar-refractivity contribution in [2.75, 3.05) is 12.4 Å². The van der Waals surface area contributed by atoms with Gasteiger partial charge < -0.3 is 10.6 Å². The van der Waals surface area contributed by atoms with Crippen molar-refractivity contribution < 1.29 is 14.0 Å². The van der Waals surface area contributed by atoms with Crippen LogP contribution in [0.15, 0.2) is 54.6 Å². The van der Waals surface area contributed by atoms with E-state index in [-0.39, 0.29) is 33.7 Å². The van der Waals surface area contributed by atoms with Gasteiger partial charge in [-0.3, -0.25) is 14.3 Å². The van der Waals surface area contributed by atoms with Crippen LogP contribution in [-0.2, 0) is 7.05 Å². The highest BCUT2D eigenvalue weighted by atomic mass is 19.1. The second kappa shape index (κ2) is 10.8. The number of halogens is 1. The molecule has 4 aromatic rings. The lowest BCUT2D eigenvalue weighted by Crippen LogP contribution is -2.18. The molecule has 0 bridgehead atoms. The quantitative estimate of drug-likeness (QED) is 0.245. The van der Waals surface area contributed by atoms with Gasteiger partial charge in [0, 0.05) is 48.0 Å². The van der Waals surface area contributed by atoms with E-state index < -0.39 is 11.7 Å². The number of aryl methyl sites for hydroxylation is 2. The molecule has 1 aliphatic carbocycles. The first-order chi connectivity index (χ1) is 20.0. The number of fused-ring (bicyclic) bond motifs is 1. The van der Waals surface area contributed by atoms with Gasteiger partial charge in [0.1, 0.15) is 5.82 Å². The monoisotopic (exact) mass is 564 g/mol. The van der Waals surface area contributed by atoms with Gasteiger partial charge in [-0.2, -0.15) is 5.10 Å². The number of nitrogens with zero attached hydrogens (tertiary/aromatic N) is 2. The zero-order chi connectivity index (χ0) is 30.4. The second-order valence-electron chi connectivity index (χ2n) is 11.7. The molecule has 1 aliphatic rings. The summed E-state index contributed by atoms with van der Waals surface area (Å²) in [5.74, 6) is 5.86. The standard InChI is InChI=1S/C35H37FN4O2/c1-8-34(4)28(35(34,5)9-2)18-14-22-19-21(3)13-15-25(22)26-16-17-27-29(30(26)36)31(39-40(27)7)33(42)38-24-12-10-11-23(20-24)32(41)37-6/h10-13,15-17,19-20,28H,8-9H2,1-7H3,(H,37,41)(H,38,42)/t28?,34-,35?/m1/s1. The maximum Gasteiger partial charge on any atom is 0.276 e. The van der Waals surface area contributed by atoms with Crippen LogP contribution in [0.25, 0.3) is 22.0 Å². The summed E-state index contributed by atoms with van der Waals surface area (Å²) in [4.78, 5) is 25.4. The van der Waals surface area contributed by atoms with E-state index in [1.54, 1.807) is 43.4 Å². The molecule has 1 heterocycles. The van der Waals surface area contributed by atoms with Crippen LogP contribution in [0.2, 0.25) is 0 Å². The van der Waals surface area contributed by atoms with Crippen molar-refractivity contribution in [3.63, 3.8) is 0 Å². The summed E-state index contributed by atoms with van der Waals surface area (Å²) in [6, 6.07) is 15.9. The van der Waals surface area contributed by atoms with Gasteiger partial charge in [0.2, 0.25) is 0 Å². The first-order valence-corrected chi connectivity index (χ1v) is 14.4. The molecule has 0 saturated heterocycles. The molecule has 5 rings (SSSR count). The smallest absolute Gasteiger partial charge is 0.276 e. The molecule has 2 amide bonds. The first-order valence-electron chi connectivity index (χ1n) is 14.4. The Morgan fingerprint density at radius 1 is 1.00 bits per heavy atom. The number of hydrogen-bond acceptors (Lipinski definition) is 3. The maximum absolute atomic E-state index is 16.5. The molecule has 2 unspecified atom stereocenters. The Balaban J connectivity index is 1.56. The minimum atomic E-state index is -0.568. The third kappa shape index (κ3) is 4.65.